The van der Waals surface area contributed by atoms with Crippen LogP contribution >= 0.6 is 38.9 Å². The molecule has 0 bridgehead atoms. The highest BCUT2D eigenvalue weighted by Crippen LogP contribution is 2.23. The van der Waals surface area contributed by atoms with E-state index in [1.807, 2.05) is 12.1 Å². The maximum Gasteiger partial charge on any atom is 0.352 e. The summed E-state index contributed by atoms with van der Waals surface area (Å²) in [5, 5.41) is 9.02. The predicted octanol–water partition coefficient (Wildman–Crippen LogP) is 3.91. The van der Waals surface area contributed by atoms with Crippen molar-refractivity contribution in [2.45, 2.75) is 13.0 Å². The van der Waals surface area contributed by atoms with Crippen molar-refractivity contribution in [3.8, 4) is 0 Å². The van der Waals surface area contributed by atoms with Crippen molar-refractivity contribution >= 4 is 44.8 Å². The molecule has 0 radical (unpaired) electrons. The summed E-state index contributed by atoms with van der Waals surface area (Å²) in [7, 11) is 0. The molecule has 6 heteroatoms. The molecule has 0 aromatic carbocycles. The molecule has 0 aliphatic heterocycles. The lowest BCUT2D eigenvalue weighted by Crippen LogP contribution is -2.08. The highest BCUT2D eigenvalue weighted by Gasteiger charge is 2.11. The summed E-state index contributed by atoms with van der Waals surface area (Å²) in [6, 6.07) is 5.42. The molecule has 0 amide bonds. The average molecular weight is 335 g/mol. The quantitative estimate of drug-likeness (QED) is 0.921. The van der Waals surface area contributed by atoms with Gasteiger partial charge in [-0.1, -0.05) is 11.6 Å². The molecule has 0 fully saturated rings. The fourth-order valence-electron chi connectivity index (χ4n) is 1.56. The van der Waals surface area contributed by atoms with E-state index in [1.165, 1.54) is 11.3 Å². The second-order valence-corrected chi connectivity index (χ2v) is 6.21. The Labute approximate surface area is 116 Å². The summed E-state index contributed by atoms with van der Waals surface area (Å²) >= 11 is 10.6. The second-order valence-electron chi connectivity index (χ2n) is 3.50. The molecular formula is C11H9BrClNO2S. The maximum absolute atomic E-state index is 11.0. The van der Waals surface area contributed by atoms with Crippen LogP contribution < -0.4 is 0 Å². The molecule has 0 spiro atoms. The first-order valence-electron chi connectivity index (χ1n) is 4.89. The van der Waals surface area contributed by atoms with E-state index in [2.05, 4.69) is 15.9 Å². The zero-order valence-electron chi connectivity index (χ0n) is 8.69. The lowest BCUT2D eigenvalue weighted by molar-refractivity contribution is 0.0685. The average Bonchev–Trinajstić information content (AvgIpc) is 2.82. The number of aryl methyl sites for hydroxylation is 2. The number of carboxylic acid groups (broad SMARTS) is 1. The van der Waals surface area contributed by atoms with Crippen molar-refractivity contribution in [3.63, 3.8) is 0 Å². The number of halogens is 2. The van der Waals surface area contributed by atoms with Crippen molar-refractivity contribution in [2.24, 2.45) is 0 Å². The number of hydrogen-bond donors (Lipinski definition) is 1. The number of carbonyl (C=O) groups is 1. The van der Waals surface area contributed by atoms with Gasteiger partial charge in [0.15, 0.2) is 0 Å². The number of aromatic carboxylic acids is 1. The van der Waals surface area contributed by atoms with Gasteiger partial charge in [0.1, 0.15) is 5.69 Å². The number of rotatable bonds is 4. The third-order valence-corrected chi connectivity index (χ3v) is 4.03. The molecule has 17 heavy (non-hydrogen) atoms. The van der Waals surface area contributed by atoms with Gasteiger partial charge in [0, 0.05) is 22.1 Å². The zero-order valence-corrected chi connectivity index (χ0v) is 11.8. The molecule has 90 valence electrons. The number of nitrogens with zero attached hydrogens (tertiary/aromatic N) is 1. The topological polar surface area (TPSA) is 42.2 Å². The molecule has 0 aliphatic carbocycles. The van der Waals surface area contributed by atoms with Crippen LogP contribution in [0.5, 0.6) is 0 Å². The first kappa shape index (κ1) is 12.7. The minimum atomic E-state index is -0.917. The van der Waals surface area contributed by atoms with Crippen LogP contribution in [-0.2, 0) is 13.0 Å². The number of aromatic nitrogens is 1. The molecule has 3 nitrogen and oxygen atoms in total. The highest BCUT2D eigenvalue weighted by molar-refractivity contribution is 9.10. The third kappa shape index (κ3) is 3.12. The molecule has 0 atom stereocenters. The summed E-state index contributed by atoms with van der Waals surface area (Å²) in [6.07, 6.45) is 2.55. The Balaban J connectivity index is 2.11. The van der Waals surface area contributed by atoms with Crippen molar-refractivity contribution in [3.05, 3.63) is 43.8 Å². The summed E-state index contributed by atoms with van der Waals surface area (Å²) in [5.41, 5.74) is 0.291. The van der Waals surface area contributed by atoms with Crippen LogP contribution in [-0.4, -0.2) is 15.6 Å². The van der Waals surface area contributed by atoms with Crippen LogP contribution in [0.1, 0.15) is 15.4 Å². The molecule has 2 aromatic heterocycles. The van der Waals surface area contributed by atoms with E-state index >= 15 is 0 Å². The van der Waals surface area contributed by atoms with E-state index in [9.17, 15) is 4.79 Å². The van der Waals surface area contributed by atoms with Crippen molar-refractivity contribution in [1.29, 1.82) is 0 Å². The van der Waals surface area contributed by atoms with Gasteiger partial charge < -0.3 is 9.67 Å². The molecule has 2 heterocycles. The SMILES string of the molecule is O=C(O)c1cc(Br)cn1CCc1ccc(Cl)s1. The van der Waals surface area contributed by atoms with Gasteiger partial charge in [-0.25, -0.2) is 4.79 Å². The standard InChI is InChI=1S/C11H9BrClNO2S/c12-7-5-9(11(15)16)14(6-7)4-3-8-1-2-10(13)17-8/h1-2,5-6H,3-4H2,(H,15,16). The van der Waals surface area contributed by atoms with Crippen LogP contribution in [0.15, 0.2) is 28.9 Å². The number of thiophene rings is 1. The molecule has 0 unspecified atom stereocenters. The smallest absolute Gasteiger partial charge is 0.352 e. The Hall–Kier alpha value is -0.780. The summed E-state index contributed by atoms with van der Waals surface area (Å²) in [5.74, 6) is -0.917. The Morgan fingerprint density at radius 2 is 2.29 bits per heavy atom. The van der Waals surface area contributed by atoms with Crippen molar-refractivity contribution in [1.82, 2.24) is 4.57 Å². The van der Waals surface area contributed by atoms with Gasteiger partial charge in [-0.05, 0) is 40.5 Å². The molecular weight excluding hydrogens is 326 g/mol. The molecule has 1 N–H and O–H groups in total. The summed E-state index contributed by atoms with van der Waals surface area (Å²) in [6.45, 7) is 0.629. The first-order valence-corrected chi connectivity index (χ1v) is 6.88. The lowest BCUT2D eigenvalue weighted by Gasteiger charge is -2.04. The van der Waals surface area contributed by atoms with E-state index in [0.717, 1.165) is 20.1 Å². The molecule has 0 saturated heterocycles. The van der Waals surface area contributed by atoms with Crippen molar-refractivity contribution < 1.29 is 9.90 Å². The minimum Gasteiger partial charge on any atom is -0.477 e. The van der Waals surface area contributed by atoms with Gasteiger partial charge >= 0.3 is 5.97 Å². The van der Waals surface area contributed by atoms with Crippen LogP contribution in [0.25, 0.3) is 0 Å². The van der Waals surface area contributed by atoms with E-state index in [1.54, 1.807) is 16.8 Å². The van der Waals surface area contributed by atoms with Crippen LogP contribution in [0.2, 0.25) is 4.34 Å². The number of carboxylic acids is 1. The van der Waals surface area contributed by atoms with Crippen LogP contribution in [0, 0.1) is 0 Å². The Bertz CT molecular complexity index is 549. The number of hydrogen-bond acceptors (Lipinski definition) is 2. The normalized spacial score (nSPS) is 10.7. The Morgan fingerprint density at radius 3 is 2.88 bits per heavy atom. The zero-order chi connectivity index (χ0) is 12.4. The van der Waals surface area contributed by atoms with E-state index < -0.39 is 5.97 Å². The molecule has 2 rings (SSSR count). The van der Waals surface area contributed by atoms with E-state index in [4.69, 9.17) is 16.7 Å². The Kier molecular flexibility index (Phi) is 3.91. The van der Waals surface area contributed by atoms with Gasteiger partial charge in [0.05, 0.1) is 4.34 Å². The van der Waals surface area contributed by atoms with Gasteiger partial charge in [0.2, 0.25) is 0 Å². The fraction of sp³-hybridized carbons (Fsp3) is 0.182. The minimum absolute atomic E-state index is 0.291. The molecule has 0 saturated carbocycles. The molecule has 0 aliphatic rings. The highest BCUT2D eigenvalue weighted by atomic mass is 79.9. The Morgan fingerprint density at radius 1 is 1.53 bits per heavy atom. The largest absolute Gasteiger partial charge is 0.477 e. The summed E-state index contributed by atoms with van der Waals surface area (Å²) in [4.78, 5) is 12.1. The lowest BCUT2D eigenvalue weighted by atomic mass is 10.3. The fourth-order valence-corrected chi connectivity index (χ4v) is 3.10. The van der Waals surface area contributed by atoms with Gasteiger partial charge in [-0.2, -0.15) is 0 Å². The van der Waals surface area contributed by atoms with Gasteiger partial charge in [-0.3, -0.25) is 0 Å². The third-order valence-electron chi connectivity index (χ3n) is 2.31. The monoisotopic (exact) mass is 333 g/mol. The second kappa shape index (κ2) is 5.25. The van der Waals surface area contributed by atoms with Gasteiger partial charge in [0.25, 0.3) is 0 Å². The van der Waals surface area contributed by atoms with Gasteiger partial charge in [-0.15, -0.1) is 11.3 Å². The summed E-state index contributed by atoms with van der Waals surface area (Å²) < 4.78 is 3.26. The predicted molar refractivity (Wildman–Crippen MR) is 72.1 cm³/mol. The van der Waals surface area contributed by atoms with Crippen molar-refractivity contribution in [2.75, 3.05) is 0 Å². The first-order chi connectivity index (χ1) is 8.06. The van der Waals surface area contributed by atoms with Crippen LogP contribution in [0.4, 0.5) is 0 Å². The maximum atomic E-state index is 11.0. The van der Waals surface area contributed by atoms with E-state index in [0.29, 0.717) is 12.2 Å². The van der Waals surface area contributed by atoms with Crippen LogP contribution in [0.3, 0.4) is 0 Å². The van der Waals surface area contributed by atoms with E-state index in [-0.39, 0.29) is 0 Å². The molecule has 2 aromatic rings.